The van der Waals surface area contributed by atoms with Gasteiger partial charge in [0.2, 0.25) is 0 Å². The minimum absolute atomic E-state index is 0.312. The summed E-state index contributed by atoms with van der Waals surface area (Å²) in [5.74, 6) is 1.39. The smallest absolute Gasteiger partial charge is 0.257 e. The number of carbonyl (C=O) groups is 1. The number of fused-ring (bicyclic) bond motifs is 2. The minimum atomic E-state index is -0.312. The van der Waals surface area contributed by atoms with Crippen molar-refractivity contribution in [2.24, 2.45) is 0 Å². The van der Waals surface area contributed by atoms with Crippen molar-refractivity contribution in [2.75, 3.05) is 25.6 Å². The van der Waals surface area contributed by atoms with Crippen molar-refractivity contribution >= 4 is 44.2 Å². The van der Waals surface area contributed by atoms with Crippen molar-refractivity contribution in [2.45, 2.75) is 6.42 Å². The Labute approximate surface area is 158 Å². The molecule has 0 unspecified atom stereocenters. The van der Waals surface area contributed by atoms with Gasteiger partial charge in [0, 0.05) is 12.0 Å². The molecule has 0 fully saturated rings. The molecular weight excluding hydrogens is 376 g/mol. The number of benzene rings is 2. The summed E-state index contributed by atoms with van der Waals surface area (Å²) in [6.45, 7) is 1.06. The van der Waals surface area contributed by atoms with Crippen LogP contribution in [0.2, 0.25) is 5.02 Å². The van der Waals surface area contributed by atoms with E-state index in [2.05, 4.69) is 10.3 Å². The summed E-state index contributed by atoms with van der Waals surface area (Å²) in [7, 11) is 1.61. The standard InChI is InChI=1S/C18H15ClN2O4S/c1-23-11-3-4-13-15(9-11)26-18(20-13)21-17(22)10-7-12(19)16-14(8-10)24-5-2-6-25-16/h3-4,7-9H,2,5-6H2,1H3,(H,20,21,22). The summed E-state index contributed by atoms with van der Waals surface area (Å²) in [4.78, 5) is 17.0. The van der Waals surface area contributed by atoms with Gasteiger partial charge in [-0.1, -0.05) is 22.9 Å². The van der Waals surface area contributed by atoms with Crippen LogP contribution in [-0.2, 0) is 0 Å². The molecule has 6 nitrogen and oxygen atoms in total. The average molecular weight is 391 g/mol. The van der Waals surface area contributed by atoms with Gasteiger partial charge in [-0.15, -0.1) is 0 Å². The van der Waals surface area contributed by atoms with Crippen LogP contribution in [0.3, 0.4) is 0 Å². The molecule has 0 atom stereocenters. The Bertz CT molecular complexity index is 989. The molecule has 0 saturated heterocycles. The lowest BCUT2D eigenvalue weighted by Crippen LogP contribution is -2.12. The first-order valence-electron chi connectivity index (χ1n) is 7.99. The second-order valence-electron chi connectivity index (χ2n) is 5.64. The Morgan fingerprint density at radius 2 is 2.12 bits per heavy atom. The third-order valence-corrected chi connectivity index (χ3v) is 5.09. The fourth-order valence-corrected chi connectivity index (χ4v) is 3.77. The molecule has 3 aromatic rings. The summed E-state index contributed by atoms with van der Waals surface area (Å²) < 4.78 is 17.3. The van der Waals surface area contributed by atoms with E-state index in [-0.39, 0.29) is 5.91 Å². The largest absolute Gasteiger partial charge is 0.497 e. The summed E-state index contributed by atoms with van der Waals surface area (Å²) in [5.41, 5.74) is 1.18. The number of aromatic nitrogens is 1. The Kier molecular flexibility index (Phi) is 4.57. The zero-order chi connectivity index (χ0) is 18.1. The number of thiazole rings is 1. The molecule has 0 radical (unpaired) electrons. The third-order valence-electron chi connectivity index (χ3n) is 3.88. The van der Waals surface area contributed by atoms with Crippen molar-refractivity contribution in [1.29, 1.82) is 0 Å². The average Bonchev–Trinajstić information content (AvgIpc) is 2.87. The minimum Gasteiger partial charge on any atom is -0.497 e. The molecule has 2 aromatic carbocycles. The highest BCUT2D eigenvalue weighted by Gasteiger charge is 2.19. The molecule has 1 N–H and O–H groups in total. The quantitative estimate of drug-likeness (QED) is 0.719. The van der Waals surface area contributed by atoms with Gasteiger partial charge < -0.3 is 14.2 Å². The van der Waals surface area contributed by atoms with Gasteiger partial charge in [-0.2, -0.15) is 0 Å². The lowest BCUT2D eigenvalue weighted by atomic mass is 10.2. The van der Waals surface area contributed by atoms with Gasteiger partial charge in [-0.05, 0) is 30.3 Å². The highest BCUT2D eigenvalue weighted by atomic mass is 35.5. The van der Waals surface area contributed by atoms with Gasteiger partial charge in [0.05, 0.1) is 35.6 Å². The lowest BCUT2D eigenvalue weighted by Gasteiger charge is -2.11. The molecule has 0 bridgehead atoms. The van der Waals surface area contributed by atoms with Crippen molar-refractivity contribution in [3.8, 4) is 17.2 Å². The SMILES string of the molecule is COc1ccc2nc(NC(=O)c3cc(Cl)c4c(c3)OCCCO4)sc2c1. The number of rotatable bonds is 3. The topological polar surface area (TPSA) is 69.7 Å². The van der Waals surface area contributed by atoms with E-state index in [9.17, 15) is 4.79 Å². The van der Waals surface area contributed by atoms with E-state index in [0.717, 1.165) is 22.4 Å². The highest BCUT2D eigenvalue weighted by Crippen LogP contribution is 2.38. The van der Waals surface area contributed by atoms with Crippen LogP contribution in [0.25, 0.3) is 10.2 Å². The van der Waals surface area contributed by atoms with E-state index in [0.29, 0.717) is 40.4 Å². The van der Waals surface area contributed by atoms with Crippen molar-refractivity contribution in [3.63, 3.8) is 0 Å². The highest BCUT2D eigenvalue weighted by molar-refractivity contribution is 7.22. The summed E-state index contributed by atoms with van der Waals surface area (Å²) in [6, 6.07) is 8.77. The summed E-state index contributed by atoms with van der Waals surface area (Å²) in [5, 5.41) is 3.66. The predicted octanol–water partition coefficient (Wildman–Crippen LogP) is 4.37. The van der Waals surface area contributed by atoms with Gasteiger partial charge in [-0.25, -0.2) is 4.98 Å². The Morgan fingerprint density at radius 1 is 1.27 bits per heavy atom. The van der Waals surface area contributed by atoms with Crippen LogP contribution >= 0.6 is 22.9 Å². The number of nitrogens with one attached hydrogen (secondary N) is 1. The first-order chi connectivity index (χ1) is 12.6. The summed E-state index contributed by atoms with van der Waals surface area (Å²) >= 11 is 7.63. The van der Waals surface area contributed by atoms with E-state index < -0.39 is 0 Å². The Hall–Kier alpha value is -2.51. The van der Waals surface area contributed by atoms with E-state index >= 15 is 0 Å². The molecule has 1 aliphatic heterocycles. The second kappa shape index (κ2) is 7.01. The fraction of sp³-hybridized carbons (Fsp3) is 0.222. The second-order valence-corrected chi connectivity index (χ2v) is 7.08. The molecular formula is C18H15ClN2O4S. The van der Waals surface area contributed by atoms with Gasteiger partial charge in [0.15, 0.2) is 16.6 Å². The van der Waals surface area contributed by atoms with Gasteiger partial charge >= 0.3 is 0 Å². The van der Waals surface area contributed by atoms with Crippen LogP contribution in [-0.4, -0.2) is 31.2 Å². The maximum absolute atomic E-state index is 12.6. The molecule has 134 valence electrons. The molecule has 1 amide bonds. The van der Waals surface area contributed by atoms with E-state index in [1.807, 2.05) is 18.2 Å². The first kappa shape index (κ1) is 16.9. The normalized spacial score (nSPS) is 13.3. The van der Waals surface area contributed by atoms with Crippen LogP contribution in [0.4, 0.5) is 5.13 Å². The van der Waals surface area contributed by atoms with Crippen LogP contribution in [0.5, 0.6) is 17.2 Å². The monoisotopic (exact) mass is 390 g/mol. The van der Waals surface area contributed by atoms with Crippen LogP contribution in [0, 0.1) is 0 Å². The van der Waals surface area contributed by atoms with Crippen molar-refractivity contribution in [3.05, 3.63) is 40.9 Å². The van der Waals surface area contributed by atoms with Gasteiger partial charge in [0.1, 0.15) is 5.75 Å². The van der Waals surface area contributed by atoms with Crippen LogP contribution < -0.4 is 19.5 Å². The molecule has 0 aliphatic carbocycles. The lowest BCUT2D eigenvalue weighted by molar-refractivity contribution is 0.102. The number of hydrogen-bond donors (Lipinski definition) is 1. The number of carbonyl (C=O) groups excluding carboxylic acids is 1. The molecule has 1 aromatic heterocycles. The Balaban J connectivity index is 1.60. The molecule has 0 spiro atoms. The maximum Gasteiger partial charge on any atom is 0.257 e. The molecule has 1 aliphatic rings. The zero-order valence-corrected chi connectivity index (χ0v) is 15.4. The van der Waals surface area contributed by atoms with Crippen LogP contribution in [0.15, 0.2) is 30.3 Å². The van der Waals surface area contributed by atoms with Gasteiger partial charge in [0.25, 0.3) is 5.91 Å². The zero-order valence-electron chi connectivity index (χ0n) is 13.9. The number of methoxy groups -OCH3 is 1. The third kappa shape index (κ3) is 3.27. The van der Waals surface area contributed by atoms with E-state index in [1.165, 1.54) is 11.3 Å². The van der Waals surface area contributed by atoms with Crippen LogP contribution in [0.1, 0.15) is 16.8 Å². The molecule has 0 saturated carbocycles. The molecule has 2 heterocycles. The van der Waals surface area contributed by atoms with Crippen molar-refractivity contribution in [1.82, 2.24) is 4.98 Å². The number of halogens is 1. The van der Waals surface area contributed by atoms with E-state index in [4.69, 9.17) is 25.8 Å². The first-order valence-corrected chi connectivity index (χ1v) is 9.18. The number of anilines is 1. The number of amides is 1. The molecule has 26 heavy (non-hydrogen) atoms. The molecule has 8 heteroatoms. The maximum atomic E-state index is 12.6. The van der Waals surface area contributed by atoms with Gasteiger partial charge in [-0.3, -0.25) is 10.1 Å². The predicted molar refractivity (Wildman–Crippen MR) is 101 cm³/mol. The van der Waals surface area contributed by atoms with Crippen molar-refractivity contribution < 1.29 is 19.0 Å². The number of ether oxygens (including phenoxy) is 3. The fourth-order valence-electron chi connectivity index (χ4n) is 2.62. The summed E-state index contributed by atoms with van der Waals surface area (Å²) in [6.07, 6.45) is 0.766. The number of hydrogen-bond acceptors (Lipinski definition) is 6. The Morgan fingerprint density at radius 3 is 2.96 bits per heavy atom. The number of nitrogens with zero attached hydrogens (tertiary/aromatic N) is 1. The molecule has 4 rings (SSSR count). The van der Waals surface area contributed by atoms with E-state index in [1.54, 1.807) is 19.2 Å².